The number of para-hydroxylation sites is 1. The molecule has 1 aromatic heterocycles. The van der Waals surface area contributed by atoms with E-state index in [2.05, 4.69) is 15.6 Å². The highest BCUT2D eigenvalue weighted by Crippen LogP contribution is 2.21. The van der Waals surface area contributed by atoms with Gasteiger partial charge in [0.2, 0.25) is 0 Å². The largest absolute Gasteiger partial charge is 0.325 e. The van der Waals surface area contributed by atoms with Gasteiger partial charge in [-0.15, -0.1) is 0 Å². The average Bonchev–Trinajstić information content (AvgIpc) is 2.80. The second kappa shape index (κ2) is 5.49. The van der Waals surface area contributed by atoms with E-state index in [9.17, 15) is 4.79 Å². The van der Waals surface area contributed by atoms with Gasteiger partial charge in [-0.05, 0) is 12.1 Å². The lowest BCUT2D eigenvalue weighted by atomic mass is 10.3. The van der Waals surface area contributed by atoms with Crippen LogP contribution in [0.5, 0.6) is 0 Å². The van der Waals surface area contributed by atoms with E-state index in [1.165, 1.54) is 6.20 Å². The molecular weight excluding hydrogens is 272 g/mol. The number of nitriles is 1. The van der Waals surface area contributed by atoms with Crippen molar-refractivity contribution in [2.24, 2.45) is 0 Å². The van der Waals surface area contributed by atoms with Crippen molar-refractivity contribution in [1.82, 2.24) is 4.98 Å². The monoisotopic (exact) mass is 278 g/mol. The van der Waals surface area contributed by atoms with Crippen LogP contribution < -0.4 is 10.6 Å². The summed E-state index contributed by atoms with van der Waals surface area (Å²) in [6.45, 7) is 0. The number of anilines is 2. The van der Waals surface area contributed by atoms with Crippen molar-refractivity contribution in [3.05, 3.63) is 40.4 Å². The Hall–Kier alpha value is -2.10. The van der Waals surface area contributed by atoms with Crippen molar-refractivity contribution < 1.29 is 4.79 Å². The van der Waals surface area contributed by atoms with Gasteiger partial charge in [-0.3, -0.25) is 5.32 Å². The van der Waals surface area contributed by atoms with Gasteiger partial charge in [0.1, 0.15) is 10.9 Å². The molecule has 0 saturated carbocycles. The van der Waals surface area contributed by atoms with E-state index in [-0.39, 0.29) is 0 Å². The number of benzene rings is 1. The predicted molar refractivity (Wildman–Crippen MR) is 70.9 cm³/mol. The number of amides is 2. The second-order valence-electron chi connectivity index (χ2n) is 3.20. The van der Waals surface area contributed by atoms with E-state index in [0.717, 1.165) is 11.3 Å². The summed E-state index contributed by atoms with van der Waals surface area (Å²) in [7, 11) is 0. The van der Waals surface area contributed by atoms with Gasteiger partial charge in [-0.1, -0.05) is 35.1 Å². The predicted octanol–water partition coefficient (Wildman–Crippen LogP) is 3.31. The van der Waals surface area contributed by atoms with Crippen LogP contribution >= 0.6 is 22.9 Å². The van der Waals surface area contributed by atoms with Gasteiger partial charge in [0.25, 0.3) is 0 Å². The van der Waals surface area contributed by atoms with Gasteiger partial charge in [-0.2, -0.15) is 5.26 Å². The highest BCUT2D eigenvalue weighted by Gasteiger charge is 2.08. The third-order valence-electron chi connectivity index (χ3n) is 1.96. The quantitative estimate of drug-likeness (QED) is 0.884. The van der Waals surface area contributed by atoms with Crippen molar-refractivity contribution in [3.8, 4) is 6.07 Å². The van der Waals surface area contributed by atoms with Gasteiger partial charge in [0.05, 0.1) is 16.9 Å². The summed E-state index contributed by atoms with van der Waals surface area (Å²) in [6.07, 6.45) is 1.40. The van der Waals surface area contributed by atoms with Gasteiger partial charge >= 0.3 is 6.03 Å². The Morgan fingerprint density at radius 3 is 2.83 bits per heavy atom. The highest BCUT2D eigenvalue weighted by atomic mass is 35.5. The number of rotatable bonds is 2. The van der Waals surface area contributed by atoms with Crippen molar-refractivity contribution in [3.63, 3.8) is 0 Å². The summed E-state index contributed by atoms with van der Waals surface area (Å²) < 4.78 is 0. The molecular formula is C11H7ClN4OS. The number of aromatic nitrogens is 1. The van der Waals surface area contributed by atoms with Crippen LogP contribution in [-0.4, -0.2) is 11.0 Å². The minimum atomic E-state index is -0.457. The van der Waals surface area contributed by atoms with Crippen LogP contribution in [0.3, 0.4) is 0 Å². The zero-order valence-corrected chi connectivity index (χ0v) is 10.5. The maximum absolute atomic E-state index is 11.6. The molecule has 0 aliphatic carbocycles. The van der Waals surface area contributed by atoms with Crippen molar-refractivity contribution in [2.45, 2.75) is 0 Å². The first-order chi connectivity index (χ1) is 8.69. The van der Waals surface area contributed by atoms with Gasteiger partial charge in [-0.25, -0.2) is 9.78 Å². The molecule has 0 radical (unpaired) electrons. The molecule has 2 aromatic rings. The van der Waals surface area contributed by atoms with E-state index in [4.69, 9.17) is 16.9 Å². The van der Waals surface area contributed by atoms with E-state index in [1.54, 1.807) is 24.3 Å². The number of carbonyl (C=O) groups is 1. The molecule has 0 saturated heterocycles. The lowest BCUT2D eigenvalue weighted by Gasteiger charge is -2.06. The van der Waals surface area contributed by atoms with Crippen LogP contribution in [0.1, 0.15) is 4.88 Å². The number of carbonyl (C=O) groups excluding carboxylic acids is 1. The van der Waals surface area contributed by atoms with Crippen molar-refractivity contribution in [2.75, 3.05) is 10.6 Å². The molecule has 0 aliphatic rings. The van der Waals surface area contributed by atoms with E-state index < -0.39 is 6.03 Å². The van der Waals surface area contributed by atoms with Crippen LogP contribution in [0.25, 0.3) is 0 Å². The van der Waals surface area contributed by atoms with E-state index in [0.29, 0.717) is 20.7 Å². The average molecular weight is 279 g/mol. The fourth-order valence-corrected chi connectivity index (χ4v) is 1.99. The van der Waals surface area contributed by atoms with E-state index in [1.807, 2.05) is 6.07 Å². The smallest absolute Gasteiger partial charge is 0.306 e. The molecule has 1 aromatic carbocycles. The zero-order chi connectivity index (χ0) is 13.0. The van der Waals surface area contributed by atoms with Crippen LogP contribution in [0, 0.1) is 11.3 Å². The van der Waals surface area contributed by atoms with Crippen LogP contribution in [-0.2, 0) is 0 Å². The third kappa shape index (κ3) is 2.97. The van der Waals surface area contributed by atoms with Crippen LogP contribution in [0.15, 0.2) is 30.5 Å². The Kier molecular flexibility index (Phi) is 3.77. The van der Waals surface area contributed by atoms with Crippen LogP contribution in [0.2, 0.25) is 5.02 Å². The molecule has 18 heavy (non-hydrogen) atoms. The summed E-state index contributed by atoms with van der Waals surface area (Å²) in [4.78, 5) is 16.0. The molecule has 2 amide bonds. The molecule has 0 aliphatic heterocycles. The number of halogens is 1. The number of urea groups is 1. The number of hydrogen-bond donors (Lipinski definition) is 2. The number of nitrogens with zero attached hydrogens (tertiary/aromatic N) is 2. The zero-order valence-electron chi connectivity index (χ0n) is 8.98. The summed E-state index contributed by atoms with van der Waals surface area (Å²) in [5, 5.41) is 14.5. The Labute approximate surface area is 112 Å². The Morgan fingerprint density at radius 2 is 2.17 bits per heavy atom. The Morgan fingerprint density at radius 1 is 1.39 bits per heavy atom. The number of hydrogen-bond acceptors (Lipinski definition) is 4. The summed E-state index contributed by atoms with van der Waals surface area (Å²) >= 11 is 7.00. The molecule has 0 unspecified atom stereocenters. The van der Waals surface area contributed by atoms with Crippen molar-refractivity contribution in [1.29, 1.82) is 5.26 Å². The molecule has 1 heterocycles. The molecule has 90 valence electrons. The fourth-order valence-electron chi connectivity index (χ4n) is 1.20. The summed E-state index contributed by atoms with van der Waals surface area (Å²) in [6, 6.07) is 8.38. The summed E-state index contributed by atoms with van der Waals surface area (Å²) in [5.74, 6) is 0. The van der Waals surface area contributed by atoms with Gasteiger partial charge in [0.15, 0.2) is 5.13 Å². The molecule has 2 N–H and O–H groups in total. The first kappa shape index (κ1) is 12.4. The normalized spacial score (nSPS) is 9.56. The standard InChI is InChI=1S/C11H7ClN4OS/c12-8-3-1-2-4-9(8)15-10(17)16-11-14-6-7(5-13)18-11/h1-4,6H,(H2,14,15,16,17). The lowest BCUT2D eigenvalue weighted by Crippen LogP contribution is -2.19. The Balaban J connectivity index is 2.01. The number of nitrogens with one attached hydrogen (secondary N) is 2. The van der Waals surface area contributed by atoms with Gasteiger partial charge in [0, 0.05) is 0 Å². The van der Waals surface area contributed by atoms with Crippen LogP contribution in [0.4, 0.5) is 15.6 Å². The molecule has 0 atom stereocenters. The molecule has 5 nitrogen and oxygen atoms in total. The Bertz CT molecular complexity index is 620. The van der Waals surface area contributed by atoms with E-state index >= 15 is 0 Å². The minimum Gasteiger partial charge on any atom is -0.306 e. The minimum absolute atomic E-state index is 0.358. The van der Waals surface area contributed by atoms with Crippen molar-refractivity contribution >= 4 is 39.8 Å². The lowest BCUT2D eigenvalue weighted by molar-refractivity contribution is 0.262. The second-order valence-corrected chi connectivity index (χ2v) is 4.64. The first-order valence-corrected chi connectivity index (χ1v) is 6.07. The molecule has 0 bridgehead atoms. The SMILES string of the molecule is N#Cc1cnc(NC(=O)Nc2ccccc2Cl)s1. The third-order valence-corrected chi connectivity index (χ3v) is 3.11. The molecule has 0 spiro atoms. The maximum Gasteiger partial charge on any atom is 0.325 e. The first-order valence-electron chi connectivity index (χ1n) is 4.87. The highest BCUT2D eigenvalue weighted by molar-refractivity contribution is 7.16. The number of thiazole rings is 1. The molecule has 0 fully saturated rings. The molecule has 2 rings (SSSR count). The fraction of sp³-hybridized carbons (Fsp3) is 0. The molecule has 7 heteroatoms. The maximum atomic E-state index is 11.6. The summed E-state index contributed by atoms with van der Waals surface area (Å²) in [5.41, 5.74) is 0.508. The topological polar surface area (TPSA) is 77.8 Å². The van der Waals surface area contributed by atoms with Gasteiger partial charge < -0.3 is 5.32 Å².